The van der Waals surface area contributed by atoms with Crippen LogP contribution in [0.5, 0.6) is 5.75 Å². The third-order valence-corrected chi connectivity index (χ3v) is 3.42. The van der Waals surface area contributed by atoms with Gasteiger partial charge in [-0.2, -0.15) is 0 Å². The van der Waals surface area contributed by atoms with Gasteiger partial charge in [0.15, 0.2) is 0 Å². The minimum Gasteiger partial charge on any atom is -0.491 e. The Bertz CT molecular complexity index is 338. The zero-order valence-corrected chi connectivity index (χ0v) is 10.7. The highest BCUT2D eigenvalue weighted by Crippen LogP contribution is 2.34. The number of hydrogen-bond donors (Lipinski definition) is 1. The number of ether oxygens (including phenoxy) is 1. The second-order valence-corrected chi connectivity index (χ2v) is 5.28. The molecule has 0 aromatic heterocycles. The van der Waals surface area contributed by atoms with Gasteiger partial charge >= 0.3 is 0 Å². The van der Waals surface area contributed by atoms with Crippen LogP contribution in [-0.2, 0) is 0 Å². The Balaban J connectivity index is 1.91. The molecule has 1 saturated carbocycles. The van der Waals surface area contributed by atoms with Crippen LogP contribution in [0.3, 0.4) is 0 Å². The van der Waals surface area contributed by atoms with Gasteiger partial charge in [0, 0.05) is 0 Å². The van der Waals surface area contributed by atoms with Crippen LogP contribution in [0.15, 0.2) is 24.3 Å². The van der Waals surface area contributed by atoms with Crippen molar-refractivity contribution in [2.75, 3.05) is 0 Å². The van der Waals surface area contributed by atoms with Crippen LogP contribution in [0.25, 0.3) is 0 Å². The Hall–Kier alpha value is -1.02. The second kappa shape index (κ2) is 5.54. The van der Waals surface area contributed by atoms with Crippen molar-refractivity contribution in [1.29, 1.82) is 0 Å². The fourth-order valence-electron chi connectivity index (χ4n) is 2.22. The van der Waals surface area contributed by atoms with E-state index in [0.717, 1.165) is 23.7 Å². The lowest BCUT2D eigenvalue weighted by molar-refractivity contribution is 0.118. The summed E-state index contributed by atoms with van der Waals surface area (Å²) in [6.07, 6.45) is 4.69. The first kappa shape index (κ1) is 12.4. The number of aliphatic hydroxyl groups excluding tert-OH is 1. The lowest BCUT2D eigenvalue weighted by atomic mass is 9.80. The molecule has 94 valence electrons. The molecular weight excluding hydrogens is 212 g/mol. The fraction of sp³-hybridized carbons (Fsp3) is 0.600. The van der Waals surface area contributed by atoms with Gasteiger partial charge in [-0.05, 0) is 43.9 Å². The van der Waals surface area contributed by atoms with E-state index < -0.39 is 0 Å². The van der Waals surface area contributed by atoms with Gasteiger partial charge in [0.2, 0.25) is 0 Å². The molecule has 2 rings (SSSR count). The normalized spacial score (nSPS) is 17.9. The summed E-state index contributed by atoms with van der Waals surface area (Å²) < 4.78 is 5.58. The molecule has 1 aromatic rings. The summed E-state index contributed by atoms with van der Waals surface area (Å²) in [6, 6.07) is 7.83. The van der Waals surface area contributed by atoms with Crippen LogP contribution in [0.4, 0.5) is 0 Å². The van der Waals surface area contributed by atoms with Crippen LogP contribution in [0.2, 0.25) is 0 Å². The molecular formula is C15H22O2. The van der Waals surface area contributed by atoms with Gasteiger partial charge < -0.3 is 9.84 Å². The van der Waals surface area contributed by atoms with Gasteiger partial charge in [0.1, 0.15) is 5.75 Å². The Kier molecular flexibility index (Phi) is 4.06. The van der Waals surface area contributed by atoms with E-state index in [4.69, 9.17) is 4.74 Å². The summed E-state index contributed by atoms with van der Waals surface area (Å²) >= 11 is 0. The summed E-state index contributed by atoms with van der Waals surface area (Å²) in [5, 5.41) is 10.1. The molecule has 0 aliphatic heterocycles. The minimum absolute atomic E-state index is 0.195. The van der Waals surface area contributed by atoms with Gasteiger partial charge in [-0.1, -0.05) is 31.4 Å². The van der Waals surface area contributed by atoms with Gasteiger partial charge in [-0.25, -0.2) is 0 Å². The van der Waals surface area contributed by atoms with E-state index >= 15 is 0 Å². The molecule has 0 radical (unpaired) electrons. The van der Waals surface area contributed by atoms with Crippen LogP contribution in [0, 0.1) is 5.92 Å². The van der Waals surface area contributed by atoms with E-state index in [-0.39, 0.29) is 12.2 Å². The van der Waals surface area contributed by atoms with Gasteiger partial charge in [0.05, 0.1) is 12.2 Å². The van der Waals surface area contributed by atoms with Crippen molar-refractivity contribution in [1.82, 2.24) is 0 Å². The first-order valence-corrected chi connectivity index (χ1v) is 6.60. The van der Waals surface area contributed by atoms with Gasteiger partial charge in [0.25, 0.3) is 0 Å². The Morgan fingerprint density at radius 2 is 1.88 bits per heavy atom. The number of aliphatic hydroxyl groups is 1. The van der Waals surface area contributed by atoms with E-state index in [2.05, 4.69) is 0 Å². The van der Waals surface area contributed by atoms with E-state index in [0.29, 0.717) is 0 Å². The summed E-state index contributed by atoms with van der Waals surface area (Å²) in [6.45, 7) is 4.03. The zero-order valence-electron chi connectivity index (χ0n) is 10.7. The Morgan fingerprint density at radius 3 is 2.35 bits per heavy atom. The minimum atomic E-state index is -0.312. The molecule has 0 spiro atoms. The van der Waals surface area contributed by atoms with Crippen molar-refractivity contribution in [2.24, 2.45) is 5.92 Å². The molecule has 1 aromatic carbocycles. The highest BCUT2D eigenvalue weighted by molar-refractivity contribution is 5.28. The van der Waals surface area contributed by atoms with Crippen molar-refractivity contribution in [3.8, 4) is 5.75 Å². The summed E-state index contributed by atoms with van der Waals surface area (Å²) in [5.41, 5.74) is 1.01. The highest BCUT2D eigenvalue weighted by atomic mass is 16.5. The Labute approximate surface area is 104 Å². The van der Waals surface area contributed by atoms with Gasteiger partial charge in [-0.3, -0.25) is 0 Å². The smallest absolute Gasteiger partial charge is 0.119 e. The molecule has 0 heterocycles. The van der Waals surface area contributed by atoms with E-state index in [1.54, 1.807) is 0 Å². The summed E-state index contributed by atoms with van der Waals surface area (Å²) in [4.78, 5) is 0. The van der Waals surface area contributed by atoms with Crippen LogP contribution in [0.1, 0.15) is 51.2 Å². The molecule has 0 bridgehead atoms. The molecule has 1 aliphatic rings. The largest absolute Gasteiger partial charge is 0.491 e. The molecule has 0 saturated heterocycles. The summed E-state index contributed by atoms with van der Waals surface area (Å²) in [7, 11) is 0. The van der Waals surface area contributed by atoms with Crippen molar-refractivity contribution in [3.63, 3.8) is 0 Å². The maximum atomic E-state index is 10.1. The number of rotatable bonds is 5. The maximum Gasteiger partial charge on any atom is 0.119 e. The van der Waals surface area contributed by atoms with E-state index in [1.807, 2.05) is 38.1 Å². The lowest BCUT2D eigenvalue weighted by Gasteiger charge is -2.27. The average Bonchev–Trinajstić information content (AvgIpc) is 2.23. The first-order chi connectivity index (χ1) is 8.15. The average molecular weight is 234 g/mol. The van der Waals surface area contributed by atoms with Crippen LogP contribution in [-0.4, -0.2) is 11.2 Å². The number of hydrogen-bond acceptors (Lipinski definition) is 2. The molecule has 2 heteroatoms. The molecule has 1 unspecified atom stereocenters. The molecule has 1 aliphatic carbocycles. The lowest BCUT2D eigenvalue weighted by Crippen LogP contribution is -2.14. The second-order valence-electron chi connectivity index (χ2n) is 5.28. The quantitative estimate of drug-likeness (QED) is 0.841. The highest BCUT2D eigenvalue weighted by Gasteiger charge is 2.21. The predicted octanol–water partition coefficient (Wildman–Crippen LogP) is 3.70. The first-order valence-electron chi connectivity index (χ1n) is 6.60. The molecule has 1 fully saturated rings. The third-order valence-electron chi connectivity index (χ3n) is 3.42. The van der Waals surface area contributed by atoms with Gasteiger partial charge in [-0.15, -0.1) is 0 Å². The monoisotopic (exact) mass is 234 g/mol. The van der Waals surface area contributed by atoms with Crippen molar-refractivity contribution in [3.05, 3.63) is 29.8 Å². The molecule has 17 heavy (non-hydrogen) atoms. The van der Waals surface area contributed by atoms with Crippen molar-refractivity contribution in [2.45, 2.75) is 51.7 Å². The Morgan fingerprint density at radius 1 is 1.24 bits per heavy atom. The van der Waals surface area contributed by atoms with Crippen LogP contribution >= 0.6 is 0 Å². The fourth-order valence-corrected chi connectivity index (χ4v) is 2.22. The van der Waals surface area contributed by atoms with Crippen molar-refractivity contribution >= 4 is 0 Å². The standard InChI is InChI=1S/C15H22O2/c1-11(2)17-14-8-6-13(7-9-14)15(16)10-12-4-3-5-12/h6-9,11-12,15-16H,3-5,10H2,1-2H3. The predicted molar refractivity (Wildman–Crippen MR) is 69.1 cm³/mol. The van der Waals surface area contributed by atoms with E-state index in [9.17, 15) is 5.11 Å². The van der Waals surface area contributed by atoms with Crippen molar-refractivity contribution < 1.29 is 9.84 Å². The molecule has 1 atom stereocenters. The zero-order chi connectivity index (χ0) is 12.3. The maximum absolute atomic E-state index is 10.1. The molecule has 2 nitrogen and oxygen atoms in total. The third kappa shape index (κ3) is 3.47. The summed E-state index contributed by atoms with van der Waals surface area (Å²) in [5.74, 6) is 1.61. The van der Waals surface area contributed by atoms with Crippen LogP contribution < -0.4 is 4.74 Å². The SMILES string of the molecule is CC(C)Oc1ccc(C(O)CC2CCC2)cc1. The topological polar surface area (TPSA) is 29.5 Å². The van der Waals surface area contributed by atoms with E-state index in [1.165, 1.54) is 19.3 Å². The number of benzene rings is 1. The molecule has 0 amide bonds. The molecule has 1 N–H and O–H groups in total.